The molecule has 1 aliphatic heterocycles. The van der Waals surface area contributed by atoms with Crippen molar-refractivity contribution < 1.29 is 18.7 Å². The van der Waals surface area contributed by atoms with Crippen molar-refractivity contribution in [3.63, 3.8) is 0 Å². The summed E-state index contributed by atoms with van der Waals surface area (Å²) in [5.74, 6) is 1.17. The largest absolute Gasteiger partial charge is 0.467 e. The highest BCUT2D eigenvalue weighted by molar-refractivity contribution is 8.00. The number of benzene rings is 1. The predicted octanol–water partition coefficient (Wildman–Crippen LogP) is 2.43. The van der Waals surface area contributed by atoms with E-state index in [2.05, 4.69) is 5.32 Å². The van der Waals surface area contributed by atoms with Crippen LogP contribution in [-0.4, -0.2) is 42.7 Å². The Morgan fingerprint density at radius 2 is 2.16 bits per heavy atom. The average molecular weight is 360 g/mol. The Kier molecular flexibility index (Phi) is 5.78. The monoisotopic (exact) mass is 360 g/mol. The summed E-state index contributed by atoms with van der Waals surface area (Å²) in [6.45, 7) is 1.40. The Hall–Kier alpha value is -2.25. The number of methoxy groups -OCH3 is 1. The predicted molar refractivity (Wildman–Crippen MR) is 95.1 cm³/mol. The molecule has 0 radical (unpaired) electrons. The lowest BCUT2D eigenvalue weighted by Crippen LogP contribution is -2.28. The summed E-state index contributed by atoms with van der Waals surface area (Å²) >= 11 is 1.58. The number of hydrogen-bond donors (Lipinski definition) is 1. The molecule has 0 aliphatic carbocycles. The van der Waals surface area contributed by atoms with Crippen LogP contribution in [0.4, 0.5) is 0 Å². The van der Waals surface area contributed by atoms with E-state index >= 15 is 0 Å². The zero-order valence-corrected chi connectivity index (χ0v) is 14.8. The third-order valence-electron chi connectivity index (χ3n) is 3.92. The van der Waals surface area contributed by atoms with E-state index in [0.29, 0.717) is 31.0 Å². The highest BCUT2D eigenvalue weighted by Gasteiger charge is 2.33. The van der Waals surface area contributed by atoms with Gasteiger partial charge in [-0.05, 0) is 29.8 Å². The van der Waals surface area contributed by atoms with Crippen molar-refractivity contribution in [3.05, 3.63) is 59.5 Å². The average Bonchev–Trinajstić information content (AvgIpc) is 3.26. The molecule has 3 rings (SSSR count). The maximum absolute atomic E-state index is 12.2. The first-order valence-electron chi connectivity index (χ1n) is 7.99. The summed E-state index contributed by atoms with van der Waals surface area (Å²) in [6.07, 6.45) is 1.61. The number of hydrogen-bond acceptors (Lipinski definition) is 5. The fourth-order valence-electron chi connectivity index (χ4n) is 2.64. The van der Waals surface area contributed by atoms with Gasteiger partial charge in [0.15, 0.2) is 0 Å². The van der Waals surface area contributed by atoms with Gasteiger partial charge >= 0.3 is 0 Å². The Labute approximate surface area is 150 Å². The molecule has 132 valence electrons. The zero-order chi connectivity index (χ0) is 17.6. The second-order valence-electron chi connectivity index (χ2n) is 5.64. The van der Waals surface area contributed by atoms with Crippen molar-refractivity contribution in [2.24, 2.45) is 0 Å². The summed E-state index contributed by atoms with van der Waals surface area (Å²) in [5.41, 5.74) is 1.59. The number of nitrogens with zero attached hydrogens (tertiary/aromatic N) is 1. The lowest BCUT2D eigenvalue weighted by Gasteiger charge is -2.23. The summed E-state index contributed by atoms with van der Waals surface area (Å²) in [4.78, 5) is 26.0. The van der Waals surface area contributed by atoms with Crippen LogP contribution in [0, 0.1) is 0 Å². The molecular weight excluding hydrogens is 340 g/mol. The standard InChI is InChI=1S/C18H20N2O4S/c1-23-10-8-19-17(22)13-4-6-14(7-5-13)18-20(16(21)12-25-18)11-15-3-2-9-24-15/h2-7,9,18H,8,10-12H2,1H3,(H,19,22)/t18-/m1/s1. The molecule has 7 heteroatoms. The van der Waals surface area contributed by atoms with Gasteiger partial charge in [0.2, 0.25) is 5.91 Å². The quantitative estimate of drug-likeness (QED) is 0.768. The van der Waals surface area contributed by atoms with Crippen LogP contribution in [0.5, 0.6) is 0 Å². The summed E-state index contributed by atoms with van der Waals surface area (Å²) in [6, 6.07) is 11.0. The second kappa shape index (κ2) is 8.22. The van der Waals surface area contributed by atoms with Crippen LogP contribution in [0.3, 0.4) is 0 Å². The minimum absolute atomic E-state index is 0.0665. The number of furan rings is 1. The van der Waals surface area contributed by atoms with Gasteiger partial charge in [0.25, 0.3) is 5.91 Å². The lowest BCUT2D eigenvalue weighted by molar-refractivity contribution is -0.128. The fraction of sp³-hybridized carbons (Fsp3) is 0.333. The minimum atomic E-state index is -0.133. The minimum Gasteiger partial charge on any atom is -0.467 e. The maximum atomic E-state index is 12.2. The number of rotatable bonds is 7. The SMILES string of the molecule is COCCNC(=O)c1ccc([C@H]2SCC(=O)N2Cc2ccco2)cc1. The van der Waals surface area contributed by atoms with Crippen LogP contribution >= 0.6 is 11.8 Å². The Balaban J connectivity index is 1.68. The third-order valence-corrected chi connectivity index (χ3v) is 5.18. The number of amides is 2. The summed E-state index contributed by atoms with van der Waals surface area (Å²) in [7, 11) is 1.59. The van der Waals surface area contributed by atoms with E-state index < -0.39 is 0 Å². The molecule has 0 unspecified atom stereocenters. The van der Waals surface area contributed by atoms with Crippen molar-refractivity contribution in [1.29, 1.82) is 0 Å². The number of nitrogens with one attached hydrogen (secondary N) is 1. The number of thioether (sulfide) groups is 1. The molecule has 1 fully saturated rings. The van der Waals surface area contributed by atoms with Crippen LogP contribution in [-0.2, 0) is 16.1 Å². The molecule has 1 aliphatic rings. The van der Waals surface area contributed by atoms with Crippen molar-refractivity contribution in [2.45, 2.75) is 11.9 Å². The van der Waals surface area contributed by atoms with Crippen LogP contribution < -0.4 is 5.32 Å². The van der Waals surface area contributed by atoms with E-state index in [0.717, 1.165) is 11.3 Å². The molecule has 25 heavy (non-hydrogen) atoms. The molecule has 0 saturated carbocycles. The van der Waals surface area contributed by atoms with E-state index in [1.807, 2.05) is 24.3 Å². The Morgan fingerprint density at radius 1 is 1.36 bits per heavy atom. The molecule has 1 saturated heterocycles. The van der Waals surface area contributed by atoms with Crippen molar-refractivity contribution >= 4 is 23.6 Å². The lowest BCUT2D eigenvalue weighted by atomic mass is 10.1. The number of ether oxygens (including phenoxy) is 1. The third kappa shape index (κ3) is 4.24. The van der Waals surface area contributed by atoms with E-state index in [4.69, 9.17) is 9.15 Å². The molecule has 1 aromatic carbocycles. The van der Waals surface area contributed by atoms with E-state index in [9.17, 15) is 9.59 Å². The molecular formula is C18H20N2O4S. The van der Waals surface area contributed by atoms with E-state index in [1.54, 1.807) is 42.2 Å². The molecule has 1 N–H and O–H groups in total. The van der Waals surface area contributed by atoms with E-state index in [1.165, 1.54) is 0 Å². The Bertz CT molecular complexity index is 715. The highest BCUT2D eigenvalue weighted by Crippen LogP contribution is 2.39. The van der Waals surface area contributed by atoms with Crippen molar-refractivity contribution in [2.75, 3.05) is 26.0 Å². The molecule has 2 aromatic rings. The maximum Gasteiger partial charge on any atom is 0.251 e. The van der Waals surface area contributed by atoms with Gasteiger partial charge in [-0.1, -0.05) is 12.1 Å². The van der Waals surface area contributed by atoms with Gasteiger partial charge in [0.05, 0.1) is 25.2 Å². The highest BCUT2D eigenvalue weighted by atomic mass is 32.2. The normalized spacial score (nSPS) is 17.1. The number of carbonyl (C=O) groups is 2. The fourth-order valence-corrected chi connectivity index (χ4v) is 3.83. The molecule has 2 heterocycles. The van der Waals surface area contributed by atoms with Gasteiger partial charge in [-0.3, -0.25) is 9.59 Å². The van der Waals surface area contributed by atoms with Crippen molar-refractivity contribution in [1.82, 2.24) is 10.2 Å². The van der Waals surface area contributed by atoms with Gasteiger partial charge in [-0.15, -0.1) is 11.8 Å². The van der Waals surface area contributed by atoms with Gasteiger partial charge in [-0.25, -0.2) is 0 Å². The summed E-state index contributed by atoms with van der Waals surface area (Å²) in [5, 5.41) is 2.72. The smallest absolute Gasteiger partial charge is 0.251 e. The molecule has 1 atom stereocenters. The number of carbonyl (C=O) groups excluding carboxylic acids is 2. The first-order chi connectivity index (χ1) is 12.2. The first-order valence-corrected chi connectivity index (χ1v) is 9.04. The van der Waals surface area contributed by atoms with Crippen LogP contribution in [0.2, 0.25) is 0 Å². The molecule has 1 aromatic heterocycles. The van der Waals surface area contributed by atoms with Gasteiger partial charge in [0, 0.05) is 19.2 Å². The van der Waals surface area contributed by atoms with E-state index in [-0.39, 0.29) is 17.2 Å². The zero-order valence-electron chi connectivity index (χ0n) is 13.9. The van der Waals surface area contributed by atoms with Crippen LogP contribution in [0.1, 0.15) is 27.1 Å². The van der Waals surface area contributed by atoms with Gasteiger partial charge in [-0.2, -0.15) is 0 Å². The van der Waals surface area contributed by atoms with Crippen LogP contribution in [0.25, 0.3) is 0 Å². The second-order valence-corrected chi connectivity index (χ2v) is 6.70. The first kappa shape index (κ1) is 17.6. The molecule has 0 spiro atoms. The van der Waals surface area contributed by atoms with Crippen LogP contribution in [0.15, 0.2) is 47.1 Å². The summed E-state index contributed by atoms with van der Waals surface area (Å²) < 4.78 is 10.3. The topological polar surface area (TPSA) is 71.8 Å². The van der Waals surface area contributed by atoms with Gasteiger partial charge < -0.3 is 19.4 Å². The molecule has 6 nitrogen and oxygen atoms in total. The Morgan fingerprint density at radius 3 is 2.84 bits per heavy atom. The molecule has 0 bridgehead atoms. The molecule has 2 amide bonds. The van der Waals surface area contributed by atoms with Gasteiger partial charge in [0.1, 0.15) is 11.1 Å². The van der Waals surface area contributed by atoms with Crippen molar-refractivity contribution in [3.8, 4) is 0 Å².